The van der Waals surface area contributed by atoms with Crippen LogP contribution in [0.25, 0.3) is 0 Å². The van der Waals surface area contributed by atoms with Gasteiger partial charge in [0, 0.05) is 0 Å². The van der Waals surface area contributed by atoms with Gasteiger partial charge in [-0.1, -0.05) is 113 Å². The monoisotopic (exact) mass is 378 g/mol. The van der Waals surface area contributed by atoms with Gasteiger partial charge in [-0.15, -0.1) is 0 Å². The van der Waals surface area contributed by atoms with E-state index < -0.39 is 0 Å². The van der Waals surface area contributed by atoms with E-state index in [9.17, 15) is 0 Å². The molecule has 0 spiro atoms. The molecule has 0 aliphatic heterocycles. The summed E-state index contributed by atoms with van der Waals surface area (Å²) in [5.74, 6) is 0. The van der Waals surface area contributed by atoms with Crippen LogP contribution in [0.2, 0.25) is 0 Å². The molecule has 0 aromatic heterocycles. The first-order valence-corrected chi connectivity index (χ1v) is 12.6. The maximum atomic E-state index is 2.44. The minimum absolute atomic E-state index is 0.114. The van der Waals surface area contributed by atoms with Gasteiger partial charge >= 0.3 is 0 Å². The molecule has 0 aliphatic rings. The van der Waals surface area contributed by atoms with Gasteiger partial charge in [-0.05, 0) is 48.2 Å². The molecule has 26 heavy (non-hydrogen) atoms. The van der Waals surface area contributed by atoms with Gasteiger partial charge in [0.05, 0.1) is 0 Å². The van der Waals surface area contributed by atoms with Gasteiger partial charge in [0.15, 0.2) is 0 Å². The van der Waals surface area contributed by atoms with E-state index in [0.29, 0.717) is 0 Å². The van der Waals surface area contributed by atoms with Crippen molar-refractivity contribution in [2.45, 2.75) is 25.9 Å². The molecule has 0 aliphatic carbocycles. The lowest BCUT2D eigenvalue weighted by Gasteiger charge is -2.27. The Kier molecular flexibility index (Phi) is 7.43. The molecule has 2 unspecified atom stereocenters. The maximum absolute atomic E-state index is 2.44. The van der Waals surface area contributed by atoms with Crippen molar-refractivity contribution in [1.29, 1.82) is 0 Å². The van der Waals surface area contributed by atoms with Gasteiger partial charge in [-0.3, -0.25) is 0 Å². The van der Waals surface area contributed by atoms with Crippen molar-refractivity contribution in [2.75, 3.05) is 12.3 Å². The minimum atomic E-state index is -0.287. The first-order chi connectivity index (χ1) is 12.8. The Morgan fingerprint density at radius 1 is 0.615 bits per heavy atom. The molecule has 0 radical (unpaired) electrons. The van der Waals surface area contributed by atoms with Crippen LogP contribution in [-0.2, 0) is 0 Å². The van der Waals surface area contributed by atoms with Crippen LogP contribution in [0.15, 0.2) is 91.0 Å². The highest BCUT2D eigenvalue weighted by Gasteiger charge is 2.21. The average molecular weight is 378 g/mol. The van der Waals surface area contributed by atoms with E-state index in [2.05, 4.69) is 105 Å². The Morgan fingerprint density at radius 2 is 1.04 bits per heavy atom. The Morgan fingerprint density at radius 3 is 1.46 bits per heavy atom. The second kappa shape index (κ2) is 10.0. The molecule has 3 rings (SSSR count). The molecular formula is C24H28P2. The van der Waals surface area contributed by atoms with E-state index in [0.717, 1.165) is 5.66 Å². The van der Waals surface area contributed by atoms with Crippen molar-refractivity contribution in [3.63, 3.8) is 0 Å². The highest BCUT2D eigenvalue weighted by atomic mass is 31.1. The molecule has 3 aromatic rings. The summed E-state index contributed by atoms with van der Waals surface area (Å²) in [6, 6.07) is 33.4. The van der Waals surface area contributed by atoms with Crippen molar-refractivity contribution >= 4 is 31.8 Å². The molecule has 0 bridgehead atoms. The van der Waals surface area contributed by atoms with E-state index in [1.165, 1.54) is 29.4 Å². The predicted molar refractivity (Wildman–Crippen MR) is 122 cm³/mol. The zero-order chi connectivity index (χ0) is 18.2. The predicted octanol–water partition coefficient (Wildman–Crippen LogP) is 5.73. The van der Waals surface area contributed by atoms with Crippen molar-refractivity contribution in [2.24, 2.45) is 0 Å². The lowest BCUT2D eigenvalue weighted by molar-refractivity contribution is 0.893. The molecule has 0 heterocycles. The molecule has 2 heteroatoms. The molecule has 2 atom stereocenters. The summed E-state index contributed by atoms with van der Waals surface area (Å²) < 4.78 is 0. The van der Waals surface area contributed by atoms with Gasteiger partial charge in [-0.25, -0.2) is 0 Å². The fraction of sp³-hybridized carbons (Fsp3) is 0.250. The summed E-state index contributed by atoms with van der Waals surface area (Å²) in [6.07, 6.45) is 3.84. The van der Waals surface area contributed by atoms with E-state index >= 15 is 0 Å². The zero-order valence-corrected chi connectivity index (χ0v) is 17.5. The van der Waals surface area contributed by atoms with Crippen LogP contribution >= 0.6 is 15.8 Å². The topological polar surface area (TPSA) is 0 Å². The maximum Gasteiger partial charge on any atom is -0.0195 e. The summed E-state index contributed by atoms with van der Waals surface area (Å²) in [5.41, 5.74) is 0.774. The molecule has 0 N–H and O–H groups in total. The van der Waals surface area contributed by atoms with E-state index in [1.54, 1.807) is 5.30 Å². The fourth-order valence-electron chi connectivity index (χ4n) is 3.27. The summed E-state index contributed by atoms with van der Waals surface area (Å²) in [4.78, 5) is 0. The van der Waals surface area contributed by atoms with Crippen molar-refractivity contribution < 1.29 is 0 Å². The van der Waals surface area contributed by atoms with Crippen molar-refractivity contribution in [3.05, 3.63) is 91.0 Å². The summed E-state index contributed by atoms with van der Waals surface area (Å²) in [7, 11) is -0.401. The Balaban J connectivity index is 1.84. The first kappa shape index (κ1) is 19.3. The largest absolute Gasteiger partial charge is 0.0721 e. The van der Waals surface area contributed by atoms with Crippen LogP contribution in [-0.4, -0.2) is 18.0 Å². The number of rotatable bonds is 8. The third kappa shape index (κ3) is 5.03. The van der Waals surface area contributed by atoms with Gasteiger partial charge < -0.3 is 0 Å². The quantitative estimate of drug-likeness (QED) is 0.440. The molecule has 0 nitrogen and oxygen atoms in total. The minimum Gasteiger partial charge on any atom is -0.0721 e. The average Bonchev–Trinajstić information content (AvgIpc) is 2.73. The molecule has 0 amide bonds. The number of hydrogen-bond donors (Lipinski definition) is 0. The normalized spacial score (nSPS) is 13.5. The Hall–Kier alpha value is -1.48. The molecule has 0 saturated heterocycles. The fourth-order valence-corrected chi connectivity index (χ4v) is 9.02. The van der Waals surface area contributed by atoms with E-state index in [-0.39, 0.29) is 15.8 Å². The molecule has 3 aromatic carbocycles. The van der Waals surface area contributed by atoms with E-state index in [1.807, 2.05) is 0 Å². The summed E-state index contributed by atoms with van der Waals surface area (Å²) in [6.45, 7) is 4.77. The second-order valence-corrected chi connectivity index (χ2v) is 11.7. The van der Waals surface area contributed by atoms with Crippen LogP contribution in [0, 0.1) is 0 Å². The number of benzene rings is 3. The highest BCUT2D eigenvalue weighted by molar-refractivity contribution is 7.74. The highest BCUT2D eigenvalue weighted by Crippen LogP contribution is 2.45. The summed E-state index contributed by atoms with van der Waals surface area (Å²) >= 11 is 0. The molecule has 134 valence electrons. The van der Waals surface area contributed by atoms with Gasteiger partial charge in [0.25, 0.3) is 0 Å². The van der Waals surface area contributed by atoms with Crippen LogP contribution in [0.4, 0.5) is 0 Å². The number of hydrogen-bond acceptors (Lipinski definition) is 0. The van der Waals surface area contributed by atoms with Gasteiger partial charge in [0.1, 0.15) is 0 Å². The van der Waals surface area contributed by atoms with Crippen molar-refractivity contribution in [1.82, 2.24) is 0 Å². The summed E-state index contributed by atoms with van der Waals surface area (Å²) in [5, 5.41) is 4.56. The standard InChI is InChI=1S/C24H28P2/c1-3-21(2)25(22-13-7-4-8-14-22)19-20-26(23-15-9-5-10-16-23)24-17-11-6-12-18-24/h4-18,21H,3,19-20H2,1-2H3. The van der Waals surface area contributed by atoms with Crippen LogP contribution in [0.3, 0.4) is 0 Å². The molecule has 0 fully saturated rings. The first-order valence-electron chi connectivity index (χ1n) is 9.49. The third-order valence-electron chi connectivity index (χ3n) is 4.91. The smallest absolute Gasteiger partial charge is 0.0195 e. The second-order valence-electron chi connectivity index (χ2n) is 6.61. The Bertz CT molecular complexity index is 716. The lowest BCUT2D eigenvalue weighted by Crippen LogP contribution is -2.19. The van der Waals surface area contributed by atoms with Gasteiger partial charge in [-0.2, -0.15) is 0 Å². The molecular weight excluding hydrogens is 350 g/mol. The lowest BCUT2D eigenvalue weighted by atomic mass is 10.4. The Labute approximate surface area is 161 Å². The molecule has 0 saturated carbocycles. The SMILES string of the molecule is CCC(C)P(CCP(c1ccccc1)c1ccccc1)c1ccccc1. The van der Waals surface area contributed by atoms with Crippen molar-refractivity contribution in [3.8, 4) is 0 Å². The third-order valence-corrected chi connectivity index (χ3v) is 10.9. The van der Waals surface area contributed by atoms with Crippen LogP contribution < -0.4 is 15.9 Å². The van der Waals surface area contributed by atoms with E-state index in [4.69, 9.17) is 0 Å². The van der Waals surface area contributed by atoms with Gasteiger partial charge in [0.2, 0.25) is 0 Å². The van der Waals surface area contributed by atoms with Crippen LogP contribution in [0.5, 0.6) is 0 Å². The zero-order valence-electron chi connectivity index (χ0n) is 15.8. The van der Waals surface area contributed by atoms with Crippen LogP contribution in [0.1, 0.15) is 20.3 Å².